The van der Waals surface area contributed by atoms with Gasteiger partial charge in [-0.2, -0.15) is 0 Å². The highest BCUT2D eigenvalue weighted by molar-refractivity contribution is 6.18. The van der Waals surface area contributed by atoms with Gasteiger partial charge in [0, 0.05) is 38.6 Å². The standard InChI is InChI=1S/C39H24N4/c1-3-13-25(14-4-1)37-40-38(26-15-5-2-6-16-26)42-39(41-37)32-24-23-31-29-19-10-12-22-34(29)43-33-21-11-9-18-28(33)27-17-7-8-20-30(27)35(32)36(31)43/h1-24H. The highest BCUT2D eigenvalue weighted by Crippen LogP contribution is 2.49. The van der Waals surface area contributed by atoms with Gasteiger partial charge in [0.25, 0.3) is 0 Å². The third-order valence-electron chi connectivity index (χ3n) is 8.41. The van der Waals surface area contributed by atoms with Crippen molar-refractivity contribution in [1.82, 2.24) is 19.5 Å². The van der Waals surface area contributed by atoms with Gasteiger partial charge in [0.15, 0.2) is 17.5 Å². The molecule has 1 aliphatic heterocycles. The zero-order valence-electron chi connectivity index (χ0n) is 23.1. The van der Waals surface area contributed by atoms with Crippen LogP contribution in [0.5, 0.6) is 0 Å². The maximum atomic E-state index is 5.14. The third kappa shape index (κ3) is 3.60. The van der Waals surface area contributed by atoms with Crippen LogP contribution in [0.3, 0.4) is 0 Å². The quantitative estimate of drug-likeness (QED) is 0.221. The van der Waals surface area contributed by atoms with Crippen molar-refractivity contribution in [2.75, 3.05) is 0 Å². The van der Waals surface area contributed by atoms with Crippen LogP contribution in [-0.4, -0.2) is 19.5 Å². The lowest BCUT2D eigenvalue weighted by atomic mass is 9.90. The molecule has 2 aromatic heterocycles. The van der Waals surface area contributed by atoms with Crippen LogP contribution in [0.2, 0.25) is 0 Å². The Morgan fingerprint density at radius 1 is 0.372 bits per heavy atom. The molecule has 0 radical (unpaired) electrons. The fraction of sp³-hybridized carbons (Fsp3) is 0. The van der Waals surface area contributed by atoms with Gasteiger partial charge in [-0.3, -0.25) is 0 Å². The summed E-state index contributed by atoms with van der Waals surface area (Å²) in [6.45, 7) is 0. The van der Waals surface area contributed by atoms with Crippen molar-refractivity contribution in [2.24, 2.45) is 0 Å². The van der Waals surface area contributed by atoms with E-state index in [1.54, 1.807) is 0 Å². The molecule has 0 amide bonds. The van der Waals surface area contributed by atoms with Gasteiger partial charge < -0.3 is 4.57 Å². The molecule has 0 spiro atoms. The fourth-order valence-corrected chi connectivity index (χ4v) is 6.53. The first-order valence-electron chi connectivity index (χ1n) is 14.5. The second-order valence-electron chi connectivity index (χ2n) is 10.8. The summed E-state index contributed by atoms with van der Waals surface area (Å²) >= 11 is 0. The van der Waals surface area contributed by atoms with Crippen molar-refractivity contribution >= 4 is 21.8 Å². The van der Waals surface area contributed by atoms with E-state index < -0.39 is 0 Å². The molecule has 4 nitrogen and oxygen atoms in total. The molecule has 0 atom stereocenters. The predicted molar refractivity (Wildman–Crippen MR) is 175 cm³/mol. The summed E-state index contributed by atoms with van der Waals surface area (Å²) in [4.78, 5) is 15.2. The van der Waals surface area contributed by atoms with Crippen LogP contribution in [0.15, 0.2) is 146 Å². The van der Waals surface area contributed by atoms with Gasteiger partial charge in [-0.15, -0.1) is 0 Å². The minimum atomic E-state index is 0.655. The van der Waals surface area contributed by atoms with Crippen molar-refractivity contribution in [3.05, 3.63) is 146 Å². The van der Waals surface area contributed by atoms with Crippen LogP contribution >= 0.6 is 0 Å². The molecular weight excluding hydrogens is 524 g/mol. The second kappa shape index (κ2) is 9.33. The SMILES string of the molecule is c1ccc(-c2nc(-c3ccccc3)nc(-c3ccc4c5ccccc5n5c4c3-c3ccccc3-c3ccccc3-5)n2)cc1. The van der Waals surface area contributed by atoms with Gasteiger partial charge in [-0.05, 0) is 29.3 Å². The number of para-hydroxylation sites is 2. The van der Waals surface area contributed by atoms with Crippen molar-refractivity contribution in [2.45, 2.75) is 0 Å². The zero-order valence-corrected chi connectivity index (χ0v) is 23.1. The van der Waals surface area contributed by atoms with Crippen LogP contribution in [0.4, 0.5) is 0 Å². The Labute approximate surface area is 248 Å². The van der Waals surface area contributed by atoms with E-state index in [9.17, 15) is 0 Å². The lowest BCUT2D eigenvalue weighted by Gasteiger charge is -2.15. The Morgan fingerprint density at radius 2 is 0.930 bits per heavy atom. The average Bonchev–Trinajstić information content (AvgIpc) is 3.36. The van der Waals surface area contributed by atoms with Crippen molar-refractivity contribution in [1.29, 1.82) is 0 Å². The molecule has 0 bridgehead atoms. The van der Waals surface area contributed by atoms with Crippen molar-refractivity contribution in [3.63, 3.8) is 0 Å². The smallest absolute Gasteiger partial charge is 0.164 e. The number of benzene rings is 6. The van der Waals surface area contributed by atoms with Gasteiger partial charge >= 0.3 is 0 Å². The van der Waals surface area contributed by atoms with E-state index in [-0.39, 0.29) is 0 Å². The number of fused-ring (bicyclic) bond motifs is 8. The first-order chi connectivity index (χ1) is 21.3. The van der Waals surface area contributed by atoms with E-state index in [4.69, 9.17) is 15.0 Å². The zero-order chi connectivity index (χ0) is 28.3. The van der Waals surface area contributed by atoms with Crippen LogP contribution in [0.1, 0.15) is 0 Å². The molecule has 0 fully saturated rings. The van der Waals surface area contributed by atoms with Crippen LogP contribution in [0.25, 0.3) is 83.9 Å². The van der Waals surface area contributed by atoms with Gasteiger partial charge in [0.1, 0.15) is 0 Å². The van der Waals surface area contributed by atoms with Gasteiger partial charge in [-0.1, -0.05) is 127 Å². The first kappa shape index (κ1) is 23.8. The average molecular weight is 549 g/mol. The van der Waals surface area contributed by atoms with E-state index >= 15 is 0 Å². The van der Waals surface area contributed by atoms with Crippen LogP contribution in [-0.2, 0) is 0 Å². The van der Waals surface area contributed by atoms with Crippen LogP contribution < -0.4 is 0 Å². The summed E-state index contributed by atoms with van der Waals surface area (Å²) in [6.07, 6.45) is 0. The number of hydrogen-bond acceptors (Lipinski definition) is 3. The molecule has 43 heavy (non-hydrogen) atoms. The van der Waals surface area contributed by atoms with Gasteiger partial charge in [0.05, 0.1) is 16.7 Å². The topological polar surface area (TPSA) is 43.6 Å². The molecule has 1 aliphatic rings. The Balaban J connectivity index is 1.44. The fourth-order valence-electron chi connectivity index (χ4n) is 6.53. The number of aromatic nitrogens is 4. The third-order valence-corrected chi connectivity index (χ3v) is 8.41. The monoisotopic (exact) mass is 548 g/mol. The Morgan fingerprint density at radius 3 is 1.65 bits per heavy atom. The molecular formula is C39H24N4. The number of rotatable bonds is 3. The maximum absolute atomic E-state index is 5.14. The largest absolute Gasteiger partial charge is 0.308 e. The second-order valence-corrected chi connectivity index (χ2v) is 10.8. The summed E-state index contributed by atoms with van der Waals surface area (Å²) in [5, 5.41) is 2.44. The lowest BCUT2D eigenvalue weighted by Crippen LogP contribution is -2.02. The molecule has 200 valence electrons. The summed E-state index contributed by atoms with van der Waals surface area (Å²) < 4.78 is 2.43. The molecule has 0 N–H and O–H groups in total. The first-order valence-corrected chi connectivity index (χ1v) is 14.5. The highest BCUT2D eigenvalue weighted by atomic mass is 15.0. The highest BCUT2D eigenvalue weighted by Gasteiger charge is 2.27. The normalized spacial score (nSPS) is 11.7. The Bertz CT molecular complexity index is 2280. The maximum Gasteiger partial charge on any atom is 0.164 e. The summed E-state index contributed by atoms with van der Waals surface area (Å²) in [5.74, 6) is 1.96. The minimum Gasteiger partial charge on any atom is -0.308 e. The van der Waals surface area contributed by atoms with Crippen molar-refractivity contribution < 1.29 is 0 Å². The molecule has 8 aromatic rings. The number of hydrogen-bond donors (Lipinski definition) is 0. The Kier molecular flexibility index (Phi) is 5.16. The Hall–Kier alpha value is -5.87. The lowest BCUT2D eigenvalue weighted by molar-refractivity contribution is 1.07. The molecule has 0 unspecified atom stereocenters. The van der Waals surface area contributed by atoms with E-state index in [2.05, 4.69) is 114 Å². The van der Waals surface area contributed by atoms with Gasteiger partial charge in [-0.25, -0.2) is 15.0 Å². The molecule has 4 heteroatoms. The summed E-state index contributed by atoms with van der Waals surface area (Å²) in [6, 6.07) is 50.8. The molecule has 3 heterocycles. The summed E-state index contributed by atoms with van der Waals surface area (Å²) in [5.41, 5.74) is 11.1. The molecule has 0 aliphatic carbocycles. The van der Waals surface area contributed by atoms with E-state index in [1.807, 2.05) is 36.4 Å². The van der Waals surface area contributed by atoms with E-state index in [0.29, 0.717) is 17.5 Å². The van der Waals surface area contributed by atoms with Crippen molar-refractivity contribution in [3.8, 4) is 62.1 Å². The molecule has 6 aromatic carbocycles. The van der Waals surface area contributed by atoms with E-state index in [0.717, 1.165) is 22.3 Å². The van der Waals surface area contributed by atoms with Crippen LogP contribution in [0, 0.1) is 0 Å². The van der Waals surface area contributed by atoms with E-state index in [1.165, 1.54) is 44.2 Å². The molecule has 0 saturated carbocycles. The summed E-state index contributed by atoms with van der Waals surface area (Å²) in [7, 11) is 0. The molecule has 9 rings (SSSR count). The van der Waals surface area contributed by atoms with Gasteiger partial charge in [0.2, 0.25) is 0 Å². The minimum absolute atomic E-state index is 0.655. The number of nitrogens with zero attached hydrogens (tertiary/aromatic N) is 4. The molecule has 0 saturated heterocycles. The predicted octanol–water partition coefficient (Wildman–Crippen LogP) is 9.62.